The summed E-state index contributed by atoms with van der Waals surface area (Å²) in [5.74, 6) is 1.25. The molecule has 2 atom stereocenters. The van der Waals surface area contributed by atoms with Gasteiger partial charge in [-0.15, -0.1) is 0 Å². The zero-order valence-corrected chi connectivity index (χ0v) is 12.3. The van der Waals surface area contributed by atoms with Crippen LogP contribution in [0.5, 0.6) is 0 Å². The molecule has 2 unspecified atom stereocenters. The number of aromatic amines is 1. The van der Waals surface area contributed by atoms with Gasteiger partial charge >= 0.3 is 0 Å². The van der Waals surface area contributed by atoms with Crippen molar-refractivity contribution < 1.29 is 0 Å². The Hall–Kier alpha value is -0.930. The zero-order chi connectivity index (χ0) is 13.1. The molecule has 3 heteroatoms. The van der Waals surface area contributed by atoms with Crippen LogP contribution in [0.1, 0.15) is 31.7 Å². The maximum atomic E-state index is 3.74. The van der Waals surface area contributed by atoms with E-state index in [1.165, 1.54) is 41.5 Å². The van der Waals surface area contributed by atoms with E-state index >= 15 is 0 Å². The van der Waals surface area contributed by atoms with E-state index in [1.807, 2.05) is 6.20 Å². The second kappa shape index (κ2) is 6.02. The summed E-state index contributed by atoms with van der Waals surface area (Å²) in [6, 6.07) is 9.40. The predicted molar refractivity (Wildman–Crippen MR) is 84.7 cm³/mol. The van der Waals surface area contributed by atoms with Crippen molar-refractivity contribution in [2.45, 2.75) is 44.0 Å². The Morgan fingerprint density at radius 3 is 3.16 bits per heavy atom. The van der Waals surface area contributed by atoms with Crippen molar-refractivity contribution in [2.75, 3.05) is 5.75 Å². The van der Waals surface area contributed by atoms with Crippen LogP contribution in [0.2, 0.25) is 0 Å². The Balaban J connectivity index is 1.59. The van der Waals surface area contributed by atoms with E-state index in [0.29, 0.717) is 6.04 Å². The molecule has 3 rings (SSSR count). The molecule has 1 fully saturated rings. The van der Waals surface area contributed by atoms with E-state index in [9.17, 15) is 0 Å². The topological polar surface area (TPSA) is 27.8 Å². The Morgan fingerprint density at radius 1 is 1.32 bits per heavy atom. The summed E-state index contributed by atoms with van der Waals surface area (Å²) >= 11 is 2.12. The fraction of sp³-hybridized carbons (Fsp3) is 0.500. The molecule has 102 valence electrons. The molecule has 1 aliphatic rings. The molecule has 0 aliphatic heterocycles. The summed E-state index contributed by atoms with van der Waals surface area (Å²) in [4.78, 5) is 3.28. The van der Waals surface area contributed by atoms with E-state index in [-0.39, 0.29) is 0 Å². The molecule has 0 bridgehead atoms. The maximum Gasteiger partial charge on any atom is 0.0457 e. The van der Waals surface area contributed by atoms with Crippen LogP contribution in [0.3, 0.4) is 0 Å². The summed E-state index contributed by atoms with van der Waals surface area (Å²) in [7, 11) is 0. The minimum atomic E-state index is 0.707. The Kier molecular flexibility index (Phi) is 4.14. The third kappa shape index (κ3) is 2.98. The summed E-state index contributed by atoms with van der Waals surface area (Å²) in [6.07, 6.45) is 6.07. The molecule has 2 aromatic rings. The first-order valence-electron chi connectivity index (χ1n) is 7.26. The van der Waals surface area contributed by atoms with E-state index < -0.39 is 0 Å². The molecule has 19 heavy (non-hydrogen) atoms. The highest BCUT2D eigenvalue weighted by molar-refractivity contribution is 7.99. The van der Waals surface area contributed by atoms with Crippen LogP contribution in [0, 0.1) is 0 Å². The Labute approximate surface area is 119 Å². The molecule has 0 radical (unpaired) electrons. The van der Waals surface area contributed by atoms with Crippen LogP contribution in [-0.2, 0) is 6.54 Å². The van der Waals surface area contributed by atoms with E-state index in [4.69, 9.17) is 0 Å². The first kappa shape index (κ1) is 13.1. The average molecular weight is 274 g/mol. The highest BCUT2D eigenvalue weighted by atomic mass is 32.2. The standard InChI is InChI=1S/C16H22N2S/c1-2-19-14-7-6-13(10-14)18-11-12-4-3-5-16-15(12)8-9-17-16/h3-5,8-9,13-14,17-18H,2,6-7,10-11H2,1H3. The molecule has 0 saturated heterocycles. The Morgan fingerprint density at radius 2 is 2.26 bits per heavy atom. The van der Waals surface area contributed by atoms with Gasteiger partial charge in [-0.2, -0.15) is 11.8 Å². The van der Waals surface area contributed by atoms with Gasteiger partial charge in [-0.3, -0.25) is 0 Å². The maximum absolute atomic E-state index is 3.74. The van der Waals surface area contributed by atoms with Crippen molar-refractivity contribution in [1.29, 1.82) is 0 Å². The number of fused-ring (bicyclic) bond motifs is 1. The van der Waals surface area contributed by atoms with Crippen LogP contribution in [-0.4, -0.2) is 22.0 Å². The fourth-order valence-electron chi connectivity index (χ4n) is 3.07. The van der Waals surface area contributed by atoms with Crippen molar-refractivity contribution >= 4 is 22.7 Å². The molecule has 0 spiro atoms. The molecule has 1 aromatic heterocycles. The largest absolute Gasteiger partial charge is 0.361 e. The molecule has 2 N–H and O–H groups in total. The van der Waals surface area contributed by atoms with Gasteiger partial charge in [-0.1, -0.05) is 19.1 Å². The minimum Gasteiger partial charge on any atom is -0.361 e. The lowest BCUT2D eigenvalue weighted by molar-refractivity contribution is 0.526. The van der Waals surface area contributed by atoms with Gasteiger partial charge in [0.2, 0.25) is 0 Å². The average Bonchev–Trinajstić information content (AvgIpc) is 3.05. The highest BCUT2D eigenvalue weighted by Gasteiger charge is 2.23. The fourth-order valence-corrected chi connectivity index (χ4v) is 4.21. The lowest BCUT2D eigenvalue weighted by Gasteiger charge is -2.13. The van der Waals surface area contributed by atoms with Crippen molar-refractivity contribution in [2.24, 2.45) is 0 Å². The van der Waals surface area contributed by atoms with Gasteiger partial charge in [0.1, 0.15) is 0 Å². The number of hydrogen-bond acceptors (Lipinski definition) is 2. The monoisotopic (exact) mass is 274 g/mol. The van der Waals surface area contributed by atoms with Crippen molar-refractivity contribution in [1.82, 2.24) is 10.3 Å². The molecule has 1 heterocycles. The van der Waals surface area contributed by atoms with Gasteiger partial charge in [-0.05, 0) is 42.7 Å². The summed E-state index contributed by atoms with van der Waals surface area (Å²) in [5, 5.41) is 5.98. The number of hydrogen-bond donors (Lipinski definition) is 2. The quantitative estimate of drug-likeness (QED) is 0.864. The smallest absolute Gasteiger partial charge is 0.0457 e. The first-order valence-corrected chi connectivity index (χ1v) is 8.31. The zero-order valence-electron chi connectivity index (χ0n) is 11.5. The van der Waals surface area contributed by atoms with Gasteiger partial charge in [0.05, 0.1) is 0 Å². The molecular weight excluding hydrogens is 252 g/mol. The number of rotatable bonds is 5. The predicted octanol–water partition coefficient (Wildman–Crippen LogP) is 3.93. The number of thioether (sulfide) groups is 1. The summed E-state index contributed by atoms with van der Waals surface area (Å²) in [5.41, 5.74) is 2.65. The van der Waals surface area contributed by atoms with Crippen LogP contribution in [0.4, 0.5) is 0 Å². The number of H-pyrrole nitrogens is 1. The normalized spacial score (nSPS) is 23.2. The van der Waals surface area contributed by atoms with Gasteiger partial charge in [0.15, 0.2) is 0 Å². The number of nitrogens with one attached hydrogen (secondary N) is 2. The molecule has 2 nitrogen and oxygen atoms in total. The second-order valence-electron chi connectivity index (χ2n) is 5.32. The van der Waals surface area contributed by atoms with E-state index in [2.05, 4.69) is 53.3 Å². The van der Waals surface area contributed by atoms with E-state index in [1.54, 1.807) is 0 Å². The third-order valence-electron chi connectivity index (χ3n) is 4.05. The van der Waals surface area contributed by atoms with Crippen LogP contribution in [0.15, 0.2) is 30.5 Å². The SMILES string of the molecule is CCSC1CCC(NCc2cccc3[nH]ccc23)C1. The number of benzene rings is 1. The summed E-state index contributed by atoms with van der Waals surface area (Å²) < 4.78 is 0. The van der Waals surface area contributed by atoms with Gasteiger partial charge in [-0.25, -0.2) is 0 Å². The molecule has 1 saturated carbocycles. The minimum absolute atomic E-state index is 0.707. The van der Waals surface area contributed by atoms with Gasteiger partial charge < -0.3 is 10.3 Å². The first-order chi connectivity index (χ1) is 9.36. The van der Waals surface area contributed by atoms with Crippen molar-refractivity contribution in [3.8, 4) is 0 Å². The molecule has 0 amide bonds. The second-order valence-corrected chi connectivity index (χ2v) is 6.90. The molecule has 1 aliphatic carbocycles. The molecular formula is C16H22N2S. The van der Waals surface area contributed by atoms with E-state index in [0.717, 1.165) is 11.8 Å². The number of aromatic nitrogens is 1. The van der Waals surface area contributed by atoms with Crippen LogP contribution < -0.4 is 5.32 Å². The van der Waals surface area contributed by atoms with Crippen LogP contribution in [0.25, 0.3) is 10.9 Å². The van der Waals surface area contributed by atoms with Crippen molar-refractivity contribution in [3.05, 3.63) is 36.0 Å². The van der Waals surface area contributed by atoms with Gasteiger partial charge in [0.25, 0.3) is 0 Å². The molecule has 1 aromatic carbocycles. The van der Waals surface area contributed by atoms with Crippen LogP contribution >= 0.6 is 11.8 Å². The third-order valence-corrected chi connectivity index (χ3v) is 5.29. The Bertz CT molecular complexity index is 534. The highest BCUT2D eigenvalue weighted by Crippen LogP contribution is 2.30. The summed E-state index contributed by atoms with van der Waals surface area (Å²) in [6.45, 7) is 3.25. The van der Waals surface area contributed by atoms with Gasteiger partial charge in [0, 0.05) is 34.9 Å². The lowest BCUT2D eigenvalue weighted by Crippen LogP contribution is -2.26. The lowest BCUT2D eigenvalue weighted by atomic mass is 10.1. The van der Waals surface area contributed by atoms with Crippen molar-refractivity contribution in [3.63, 3.8) is 0 Å².